The Bertz CT molecular complexity index is 711. The number of rotatable bonds is 7. The number of carbonyl (C=O) groups excluding carboxylic acids is 2. The highest BCUT2D eigenvalue weighted by atomic mass is 35.5. The summed E-state index contributed by atoms with van der Waals surface area (Å²) in [7, 11) is 0. The minimum absolute atomic E-state index is 0.00871. The molecule has 0 fully saturated rings. The van der Waals surface area contributed by atoms with Crippen molar-refractivity contribution in [1.29, 1.82) is 0 Å². The molecule has 8 nitrogen and oxygen atoms in total. The Kier molecular flexibility index (Phi) is 7.59. The van der Waals surface area contributed by atoms with Gasteiger partial charge in [0.25, 0.3) is 11.6 Å². The van der Waals surface area contributed by atoms with Crippen LogP contribution in [0.1, 0.15) is 57.8 Å². The van der Waals surface area contributed by atoms with Gasteiger partial charge < -0.3 is 15.4 Å². The molecule has 0 aliphatic heterocycles. The SMILES string of the molecule is CCC(CC)(CNC(=O)OC(C)(C)C)NC(=O)c1cc([N+](=O)[O-])ccc1Cl. The van der Waals surface area contributed by atoms with E-state index in [4.69, 9.17) is 16.3 Å². The first kappa shape index (κ1) is 22.7. The van der Waals surface area contributed by atoms with E-state index in [9.17, 15) is 19.7 Å². The van der Waals surface area contributed by atoms with Gasteiger partial charge in [-0.05, 0) is 39.7 Å². The first-order valence-corrected chi connectivity index (χ1v) is 9.04. The zero-order valence-corrected chi connectivity index (χ0v) is 17.0. The molecule has 0 aliphatic rings. The van der Waals surface area contributed by atoms with E-state index in [1.165, 1.54) is 12.1 Å². The summed E-state index contributed by atoms with van der Waals surface area (Å²) in [6.45, 7) is 9.15. The van der Waals surface area contributed by atoms with Gasteiger partial charge in [0.1, 0.15) is 5.60 Å². The van der Waals surface area contributed by atoms with E-state index in [0.29, 0.717) is 12.8 Å². The lowest BCUT2D eigenvalue weighted by atomic mass is 9.92. The Morgan fingerprint density at radius 2 is 1.81 bits per heavy atom. The smallest absolute Gasteiger partial charge is 0.407 e. The molecule has 0 unspecified atom stereocenters. The number of nitro groups is 1. The number of benzene rings is 1. The largest absolute Gasteiger partial charge is 0.444 e. The molecule has 9 heteroatoms. The van der Waals surface area contributed by atoms with Crippen molar-refractivity contribution in [2.24, 2.45) is 0 Å². The van der Waals surface area contributed by atoms with Gasteiger partial charge >= 0.3 is 6.09 Å². The van der Waals surface area contributed by atoms with Crippen molar-refractivity contribution in [2.75, 3.05) is 6.54 Å². The number of nitro benzene ring substituents is 1. The maximum Gasteiger partial charge on any atom is 0.407 e. The average molecular weight is 400 g/mol. The summed E-state index contributed by atoms with van der Waals surface area (Å²) in [5.74, 6) is -0.543. The number of amides is 2. The minimum atomic E-state index is -0.748. The van der Waals surface area contributed by atoms with Crippen LogP contribution in [-0.4, -0.2) is 34.6 Å². The molecule has 1 aromatic carbocycles. The van der Waals surface area contributed by atoms with E-state index >= 15 is 0 Å². The zero-order chi connectivity index (χ0) is 20.8. The first-order chi connectivity index (χ1) is 12.4. The van der Waals surface area contributed by atoms with Gasteiger partial charge in [-0.15, -0.1) is 0 Å². The lowest BCUT2D eigenvalue weighted by Gasteiger charge is -2.33. The molecule has 0 heterocycles. The third-order valence-corrected chi connectivity index (χ3v) is 4.44. The molecule has 0 atom stereocenters. The Morgan fingerprint density at radius 1 is 1.22 bits per heavy atom. The van der Waals surface area contributed by atoms with Gasteiger partial charge in [-0.2, -0.15) is 0 Å². The third kappa shape index (κ3) is 6.71. The summed E-state index contributed by atoms with van der Waals surface area (Å²) in [6, 6.07) is 3.68. The van der Waals surface area contributed by atoms with E-state index in [1.54, 1.807) is 20.8 Å². The molecule has 1 aromatic rings. The number of alkyl carbamates (subject to hydrolysis) is 1. The standard InChI is InChI=1S/C18H26ClN3O5/c1-6-18(7-2,11-20-16(24)27-17(3,4)5)21-15(23)13-10-12(22(25)26)8-9-14(13)19/h8-10H,6-7,11H2,1-5H3,(H,20,24)(H,21,23). The molecule has 0 aromatic heterocycles. The monoisotopic (exact) mass is 399 g/mol. The predicted octanol–water partition coefficient (Wildman–Crippen LogP) is 4.06. The fourth-order valence-electron chi connectivity index (χ4n) is 2.39. The number of ether oxygens (including phenoxy) is 1. The number of nitrogens with one attached hydrogen (secondary N) is 2. The number of hydrogen-bond acceptors (Lipinski definition) is 5. The van der Waals surface area contributed by atoms with Crippen LogP contribution < -0.4 is 10.6 Å². The van der Waals surface area contributed by atoms with Crippen LogP contribution in [0.25, 0.3) is 0 Å². The predicted molar refractivity (Wildman–Crippen MR) is 103 cm³/mol. The van der Waals surface area contributed by atoms with Gasteiger partial charge in [0.2, 0.25) is 0 Å². The van der Waals surface area contributed by atoms with E-state index in [2.05, 4.69) is 10.6 Å². The van der Waals surface area contributed by atoms with Crippen molar-refractivity contribution < 1.29 is 19.2 Å². The van der Waals surface area contributed by atoms with Crippen LogP contribution in [-0.2, 0) is 4.74 Å². The van der Waals surface area contributed by atoms with Gasteiger partial charge in [0.05, 0.1) is 21.0 Å². The molecule has 0 spiro atoms. The number of non-ortho nitro benzene ring substituents is 1. The second-order valence-corrected chi connectivity index (χ2v) is 7.63. The van der Waals surface area contributed by atoms with Gasteiger partial charge in [-0.25, -0.2) is 4.79 Å². The molecule has 150 valence electrons. The normalized spacial score (nSPS) is 11.6. The molecule has 1 rings (SSSR count). The Labute approximate surface area is 163 Å². The summed E-state index contributed by atoms with van der Waals surface area (Å²) in [5, 5.41) is 16.6. The highest BCUT2D eigenvalue weighted by Crippen LogP contribution is 2.24. The molecular weight excluding hydrogens is 374 g/mol. The van der Waals surface area contributed by atoms with Crippen LogP contribution in [0.4, 0.5) is 10.5 Å². The van der Waals surface area contributed by atoms with Gasteiger partial charge in [-0.3, -0.25) is 14.9 Å². The molecule has 2 amide bonds. The summed E-state index contributed by atoms with van der Waals surface area (Å²) in [4.78, 5) is 35.0. The van der Waals surface area contributed by atoms with E-state index < -0.39 is 28.1 Å². The van der Waals surface area contributed by atoms with Crippen molar-refractivity contribution in [1.82, 2.24) is 10.6 Å². The Balaban J connectivity index is 2.95. The second kappa shape index (κ2) is 9.03. The molecule has 27 heavy (non-hydrogen) atoms. The maximum absolute atomic E-state index is 12.7. The van der Waals surface area contributed by atoms with Crippen molar-refractivity contribution in [3.8, 4) is 0 Å². The molecule has 2 N–H and O–H groups in total. The number of nitrogens with zero attached hydrogens (tertiary/aromatic N) is 1. The molecule has 0 saturated carbocycles. The fourth-order valence-corrected chi connectivity index (χ4v) is 2.59. The Hall–Kier alpha value is -2.35. The quantitative estimate of drug-likeness (QED) is 0.530. The number of carbonyl (C=O) groups is 2. The van der Waals surface area contributed by atoms with E-state index in [1.807, 2.05) is 13.8 Å². The van der Waals surface area contributed by atoms with Crippen LogP contribution in [0, 0.1) is 10.1 Å². The lowest BCUT2D eigenvalue weighted by molar-refractivity contribution is -0.384. The molecule has 0 bridgehead atoms. The molecule has 0 aliphatic carbocycles. The summed E-state index contributed by atoms with van der Waals surface area (Å²) >= 11 is 6.04. The minimum Gasteiger partial charge on any atom is -0.444 e. The zero-order valence-electron chi connectivity index (χ0n) is 16.2. The Morgan fingerprint density at radius 3 is 2.30 bits per heavy atom. The van der Waals surface area contributed by atoms with Crippen LogP contribution in [0.5, 0.6) is 0 Å². The third-order valence-electron chi connectivity index (χ3n) is 4.11. The first-order valence-electron chi connectivity index (χ1n) is 8.66. The fraction of sp³-hybridized carbons (Fsp3) is 0.556. The van der Waals surface area contributed by atoms with Gasteiger partial charge in [0.15, 0.2) is 0 Å². The van der Waals surface area contributed by atoms with Crippen molar-refractivity contribution in [3.05, 3.63) is 38.9 Å². The van der Waals surface area contributed by atoms with E-state index in [0.717, 1.165) is 6.07 Å². The topological polar surface area (TPSA) is 111 Å². The van der Waals surface area contributed by atoms with Crippen molar-refractivity contribution in [2.45, 2.75) is 58.6 Å². The molecular formula is C18H26ClN3O5. The maximum atomic E-state index is 12.7. The summed E-state index contributed by atoms with van der Waals surface area (Å²) in [5.41, 5.74) is -1.60. The van der Waals surface area contributed by atoms with Crippen LogP contribution in [0.3, 0.4) is 0 Å². The van der Waals surface area contributed by atoms with Gasteiger partial charge in [0, 0.05) is 18.7 Å². The highest BCUT2D eigenvalue weighted by Gasteiger charge is 2.31. The average Bonchev–Trinajstić information content (AvgIpc) is 2.57. The molecule has 0 saturated heterocycles. The van der Waals surface area contributed by atoms with Crippen LogP contribution >= 0.6 is 11.6 Å². The summed E-state index contributed by atoms with van der Waals surface area (Å²) in [6.07, 6.45) is 0.464. The lowest BCUT2D eigenvalue weighted by Crippen LogP contribution is -2.55. The van der Waals surface area contributed by atoms with Crippen LogP contribution in [0.15, 0.2) is 18.2 Å². The second-order valence-electron chi connectivity index (χ2n) is 7.22. The van der Waals surface area contributed by atoms with Crippen molar-refractivity contribution >= 4 is 29.3 Å². The van der Waals surface area contributed by atoms with E-state index in [-0.39, 0.29) is 22.8 Å². The molecule has 0 radical (unpaired) electrons. The number of halogens is 1. The van der Waals surface area contributed by atoms with Crippen molar-refractivity contribution in [3.63, 3.8) is 0 Å². The van der Waals surface area contributed by atoms with Gasteiger partial charge in [-0.1, -0.05) is 25.4 Å². The highest BCUT2D eigenvalue weighted by molar-refractivity contribution is 6.34. The number of hydrogen-bond donors (Lipinski definition) is 2. The summed E-state index contributed by atoms with van der Waals surface area (Å²) < 4.78 is 5.21. The van der Waals surface area contributed by atoms with Crippen LogP contribution in [0.2, 0.25) is 5.02 Å².